The number of hydrogen-bond acceptors (Lipinski definition) is 3. The van der Waals surface area contributed by atoms with Gasteiger partial charge >= 0.3 is 0 Å². The number of nitrogens with zero attached hydrogens (tertiary/aromatic N) is 1. The highest BCUT2D eigenvalue weighted by Gasteiger charge is 2.37. The van der Waals surface area contributed by atoms with Crippen molar-refractivity contribution in [1.82, 2.24) is 4.90 Å². The maximum atomic E-state index is 13.2. The molecule has 1 fully saturated rings. The van der Waals surface area contributed by atoms with E-state index in [2.05, 4.69) is 0 Å². The first-order valence-electron chi connectivity index (χ1n) is 5.45. The predicted molar refractivity (Wildman–Crippen MR) is 65.0 cm³/mol. The minimum absolute atomic E-state index is 0.00156. The normalized spacial score (nSPS) is 24.4. The first kappa shape index (κ1) is 12.4. The molecule has 1 saturated heterocycles. The number of carbonyl (C=O) groups is 1. The SMILES string of the molecule is C[C@H]1S[C@H](c2cccc(F)c2)N(CCO)C1=O. The van der Waals surface area contributed by atoms with E-state index in [0.29, 0.717) is 0 Å². The fourth-order valence-electron chi connectivity index (χ4n) is 1.93. The Hall–Kier alpha value is -1.07. The van der Waals surface area contributed by atoms with Crippen LogP contribution in [0.2, 0.25) is 0 Å². The van der Waals surface area contributed by atoms with Gasteiger partial charge in [0.25, 0.3) is 0 Å². The van der Waals surface area contributed by atoms with E-state index >= 15 is 0 Å². The molecule has 1 aromatic carbocycles. The average molecular weight is 255 g/mol. The Balaban J connectivity index is 2.27. The van der Waals surface area contributed by atoms with Crippen LogP contribution in [0.3, 0.4) is 0 Å². The molecular weight excluding hydrogens is 241 g/mol. The van der Waals surface area contributed by atoms with Crippen LogP contribution in [-0.2, 0) is 4.79 Å². The summed E-state index contributed by atoms with van der Waals surface area (Å²) < 4.78 is 13.2. The van der Waals surface area contributed by atoms with Gasteiger partial charge < -0.3 is 10.0 Å². The molecule has 5 heteroatoms. The molecule has 1 heterocycles. The highest BCUT2D eigenvalue weighted by molar-refractivity contribution is 8.01. The summed E-state index contributed by atoms with van der Waals surface area (Å²) in [6.07, 6.45) is 0. The van der Waals surface area contributed by atoms with Gasteiger partial charge in [-0.1, -0.05) is 12.1 Å². The van der Waals surface area contributed by atoms with E-state index in [4.69, 9.17) is 5.11 Å². The van der Waals surface area contributed by atoms with E-state index in [0.717, 1.165) is 5.56 Å². The Bertz CT molecular complexity index is 427. The fourth-order valence-corrected chi connectivity index (χ4v) is 3.23. The van der Waals surface area contributed by atoms with Crippen LogP contribution in [0.4, 0.5) is 4.39 Å². The van der Waals surface area contributed by atoms with E-state index in [9.17, 15) is 9.18 Å². The maximum absolute atomic E-state index is 13.2. The Morgan fingerprint density at radius 2 is 2.29 bits per heavy atom. The standard InChI is InChI=1S/C12H14FNO2S/c1-8-11(16)14(5-6-15)12(17-8)9-3-2-4-10(13)7-9/h2-4,7-8,12,15H,5-6H2,1H3/t8-,12-/m1/s1. The molecular formula is C12H14FNO2S. The second kappa shape index (κ2) is 5.06. The molecule has 0 saturated carbocycles. The van der Waals surface area contributed by atoms with E-state index in [-0.39, 0.29) is 35.5 Å². The third-order valence-corrected chi connectivity index (χ3v) is 4.12. The zero-order valence-corrected chi connectivity index (χ0v) is 10.3. The Labute approximate surface area is 104 Å². The first-order valence-corrected chi connectivity index (χ1v) is 6.40. The monoisotopic (exact) mass is 255 g/mol. The van der Waals surface area contributed by atoms with Crippen molar-refractivity contribution in [1.29, 1.82) is 0 Å². The molecule has 1 amide bonds. The van der Waals surface area contributed by atoms with Crippen molar-refractivity contribution in [2.45, 2.75) is 17.5 Å². The second-order valence-electron chi connectivity index (χ2n) is 3.94. The van der Waals surface area contributed by atoms with Gasteiger partial charge in [-0.05, 0) is 24.6 Å². The van der Waals surface area contributed by atoms with Crippen LogP contribution in [0.5, 0.6) is 0 Å². The summed E-state index contributed by atoms with van der Waals surface area (Å²) >= 11 is 1.48. The molecule has 2 atom stereocenters. The predicted octanol–water partition coefficient (Wildman–Crippen LogP) is 1.78. The minimum atomic E-state index is -0.306. The summed E-state index contributed by atoms with van der Waals surface area (Å²) in [5.41, 5.74) is 0.765. The highest BCUT2D eigenvalue weighted by Crippen LogP contribution is 2.42. The van der Waals surface area contributed by atoms with Gasteiger partial charge in [-0.3, -0.25) is 4.79 Å². The molecule has 1 aliphatic heterocycles. The number of hydrogen-bond donors (Lipinski definition) is 1. The molecule has 2 rings (SSSR count). The van der Waals surface area contributed by atoms with Crippen molar-refractivity contribution in [3.63, 3.8) is 0 Å². The van der Waals surface area contributed by atoms with Gasteiger partial charge in [-0.15, -0.1) is 11.8 Å². The van der Waals surface area contributed by atoms with Crippen molar-refractivity contribution < 1.29 is 14.3 Å². The van der Waals surface area contributed by atoms with Crippen LogP contribution in [0, 0.1) is 5.82 Å². The first-order chi connectivity index (χ1) is 8.13. The van der Waals surface area contributed by atoms with Crippen molar-refractivity contribution in [2.75, 3.05) is 13.2 Å². The topological polar surface area (TPSA) is 40.5 Å². The van der Waals surface area contributed by atoms with Crippen molar-refractivity contribution in [2.24, 2.45) is 0 Å². The largest absolute Gasteiger partial charge is 0.395 e. The van der Waals surface area contributed by atoms with Gasteiger partial charge in [0.1, 0.15) is 11.2 Å². The number of halogens is 1. The molecule has 0 aromatic heterocycles. The Morgan fingerprint density at radius 1 is 1.53 bits per heavy atom. The van der Waals surface area contributed by atoms with Gasteiger partial charge in [0, 0.05) is 6.54 Å². The molecule has 0 aliphatic carbocycles. The van der Waals surface area contributed by atoms with Gasteiger partial charge in [-0.2, -0.15) is 0 Å². The Morgan fingerprint density at radius 3 is 2.94 bits per heavy atom. The number of aliphatic hydroxyl groups is 1. The zero-order chi connectivity index (χ0) is 12.4. The summed E-state index contributed by atoms with van der Waals surface area (Å²) in [5, 5.41) is 8.63. The molecule has 1 aromatic rings. The van der Waals surface area contributed by atoms with Gasteiger partial charge in [0.05, 0.1) is 11.9 Å². The van der Waals surface area contributed by atoms with Crippen LogP contribution in [0.1, 0.15) is 17.9 Å². The summed E-state index contributed by atoms with van der Waals surface area (Å²) in [4.78, 5) is 13.5. The number of β-amino-alcohol motifs (C(OH)–C–C–N with tert-alkyl or cyclic N) is 1. The van der Waals surface area contributed by atoms with Crippen molar-refractivity contribution in [3.8, 4) is 0 Å². The molecule has 17 heavy (non-hydrogen) atoms. The lowest BCUT2D eigenvalue weighted by Gasteiger charge is -2.23. The molecule has 1 N–H and O–H groups in total. The molecule has 0 bridgehead atoms. The lowest BCUT2D eigenvalue weighted by molar-refractivity contribution is -0.130. The molecule has 92 valence electrons. The summed E-state index contributed by atoms with van der Waals surface area (Å²) in [6.45, 7) is 2.04. The summed E-state index contributed by atoms with van der Waals surface area (Å²) in [7, 11) is 0. The van der Waals surface area contributed by atoms with Crippen molar-refractivity contribution in [3.05, 3.63) is 35.6 Å². The van der Waals surface area contributed by atoms with Crippen LogP contribution < -0.4 is 0 Å². The van der Waals surface area contributed by atoms with Crippen LogP contribution >= 0.6 is 11.8 Å². The lowest BCUT2D eigenvalue weighted by atomic mass is 10.2. The lowest BCUT2D eigenvalue weighted by Crippen LogP contribution is -2.32. The van der Waals surface area contributed by atoms with Crippen LogP contribution in [0.15, 0.2) is 24.3 Å². The van der Waals surface area contributed by atoms with Gasteiger partial charge in [-0.25, -0.2) is 4.39 Å². The molecule has 3 nitrogen and oxygen atoms in total. The fraction of sp³-hybridized carbons (Fsp3) is 0.417. The number of thioether (sulfide) groups is 1. The number of carbonyl (C=O) groups excluding carboxylic acids is 1. The van der Waals surface area contributed by atoms with Crippen LogP contribution in [-0.4, -0.2) is 34.3 Å². The quantitative estimate of drug-likeness (QED) is 0.895. The van der Waals surface area contributed by atoms with Crippen molar-refractivity contribution >= 4 is 17.7 Å². The third kappa shape index (κ3) is 2.45. The Kier molecular flexibility index (Phi) is 3.69. The zero-order valence-electron chi connectivity index (χ0n) is 9.47. The van der Waals surface area contributed by atoms with Crippen LogP contribution in [0.25, 0.3) is 0 Å². The summed E-state index contributed by atoms with van der Waals surface area (Å²) in [6, 6.07) is 6.25. The van der Waals surface area contributed by atoms with E-state index < -0.39 is 0 Å². The highest BCUT2D eigenvalue weighted by atomic mass is 32.2. The maximum Gasteiger partial charge on any atom is 0.236 e. The average Bonchev–Trinajstić information content (AvgIpc) is 2.58. The van der Waals surface area contributed by atoms with E-state index in [1.807, 2.05) is 6.92 Å². The minimum Gasteiger partial charge on any atom is -0.395 e. The number of benzene rings is 1. The molecule has 1 aliphatic rings. The van der Waals surface area contributed by atoms with Gasteiger partial charge in [0.15, 0.2) is 0 Å². The van der Waals surface area contributed by atoms with E-state index in [1.54, 1.807) is 17.0 Å². The molecule has 0 unspecified atom stereocenters. The van der Waals surface area contributed by atoms with Gasteiger partial charge in [0.2, 0.25) is 5.91 Å². The number of rotatable bonds is 3. The third-order valence-electron chi connectivity index (χ3n) is 2.72. The molecule has 0 spiro atoms. The number of aliphatic hydroxyl groups excluding tert-OH is 1. The summed E-state index contributed by atoms with van der Waals surface area (Å²) in [5.74, 6) is -0.308. The second-order valence-corrected chi connectivity index (χ2v) is 5.37. The molecule has 0 radical (unpaired) electrons. The number of amides is 1. The van der Waals surface area contributed by atoms with E-state index in [1.165, 1.54) is 23.9 Å². The smallest absolute Gasteiger partial charge is 0.236 e.